The normalized spacial score (nSPS) is 16.3. The van der Waals surface area contributed by atoms with Crippen LogP contribution >= 0.6 is 11.6 Å². The van der Waals surface area contributed by atoms with Gasteiger partial charge in [0.15, 0.2) is 0 Å². The van der Waals surface area contributed by atoms with E-state index in [1.54, 1.807) is 0 Å². The number of pyridine rings is 1. The zero-order chi connectivity index (χ0) is 19.1. The highest BCUT2D eigenvalue weighted by Gasteiger charge is 2.34. The molecule has 1 aromatic carbocycles. The first-order valence-corrected chi connectivity index (χ1v) is 7.28. The number of anilines is 1. The molecule has 3 rings (SSSR count). The standard InChI is InChI=1S/C15H8ClF3N2O5/c16-8-3-6(15(17,18)19)5-20-13(8)25-7-1-2-10-9(4-7)21-12(22)11(26-10)14(23)24/h1-5,11H,(H,21,22)(H,23,24). The average molecular weight is 389 g/mol. The summed E-state index contributed by atoms with van der Waals surface area (Å²) >= 11 is 5.76. The first-order valence-electron chi connectivity index (χ1n) is 6.90. The van der Waals surface area contributed by atoms with Crippen LogP contribution in [0.1, 0.15) is 5.56 Å². The second-order valence-electron chi connectivity index (χ2n) is 5.09. The molecule has 2 N–H and O–H groups in total. The summed E-state index contributed by atoms with van der Waals surface area (Å²) in [5, 5.41) is 10.9. The molecule has 1 unspecified atom stereocenters. The topological polar surface area (TPSA) is 97.8 Å². The molecule has 26 heavy (non-hydrogen) atoms. The number of ether oxygens (including phenoxy) is 2. The van der Waals surface area contributed by atoms with Gasteiger partial charge in [-0.05, 0) is 18.2 Å². The molecule has 7 nitrogen and oxygen atoms in total. The Balaban J connectivity index is 1.84. The number of nitrogens with zero attached hydrogens (tertiary/aromatic N) is 1. The lowest BCUT2D eigenvalue weighted by atomic mass is 10.2. The molecule has 0 fully saturated rings. The number of carbonyl (C=O) groups excluding carboxylic acids is 1. The predicted octanol–water partition coefficient (Wildman–Crippen LogP) is 3.33. The van der Waals surface area contributed by atoms with Crippen LogP contribution in [0, 0.1) is 0 Å². The van der Waals surface area contributed by atoms with Crippen molar-refractivity contribution in [3.8, 4) is 17.4 Å². The number of hydrogen-bond donors (Lipinski definition) is 2. The maximum Gasteiger partial charge on any atom is 0.417 e. The summed E-state index contributed by atoms with van der Waals surface area (Å²) in [6.07, 6.45) is -5.70. The molecular formula is C15H8ClF3N2O5. The van der Waals surface area contributed by atoms with Crippen LogP contribution in [0.2, 0.25) is 5.02 Å². The number of hydrogen-bond acceptors (Lipinski definition) is 5. The first kappa shape index (κ1) is 17.8. The van der Waals surface area contributed by atoms with Crippen LogP contribution in [0.25, 0.3) is 0 Å². The van der Waals surface area contributed by atoms with Crippen molar-refractivity contribution in [1.29, 1.82) is 0 Å². The third kappa shape index (κ3) is 3.49. The molecule has 1 amide bonds. The van der Waals surface area contributed by atoms with Gasteiger partial charge in [0, 0.05) is 12.3 Å². The third-order valence-electron chi connectivity index (χ3n) is 3.27. The number of alkyl halides is 3. The number of fused-ring (bicyclic) bond motifs is 1. The van der Waals surface area contributed by atoms with Gasteiger partial charge in [0.2, 0.25) is 5.88 Å². The SMILES string of the molecule is O=C(O)C1Oc2ccc(Oc3ncc(C(F)(F)F)cc3Cl)cc2NC1=O. The van der Waals surface area contributed by atoms with E-state index >= 15 is 0 Å². The van der Waals surface area contributed by atoms with E-state index in [1.807, 2.05) is 0 Å². The lowest BCUT2D eigenvalue weighted by Crippen LogP contribution is -2.42. The lowest BCUT2D eigenvalue weighted by Gasteiger charge is -2.23. The van der Waals surface area contributed by atoms with E-state index in [9.17, 15) is 22.8 Å². The number of carbonyl (C=O) groups is 2. The molecule has 0 aliphatic carbocycles. The summed E-state index contributed by atoms with van der Waals surface area (Å²) in [5.41, 5.74) is -0.895. The van der Waals surface area contributed by atoms with Gasteiger partial charge in [0.05, 0.1) is 11.3 Å². The molecule has 0 radical (unpaired) electrons. The first-order chi connectivity index (χ1) is 12.1. The highest BCUT2D eigenvalue weighted by Crippen LogP contribution is 2.37. The summed E-state index contributed by atoms with van der Waals surface area (Å²) in [7, 11) is 0. The number of benzene rings is 1. The van der Waals surface area contributed by atoms with Gasteiger partial charge in [0.1, 0.15) is 16.5 Å². The Hall–Kier alpha value is -3.01. The van der Waals surface area contributed by atoms with Crippen LogP contribution in [0.3, 0.4) is 0 Å². The Morgan fingerprint density at radius 3 is 2.69 bits per heavy atom. The molecule has 1 aromatic heterocycles. The highest BCUT2D eigenvalue weighted by atomic mass is 35.5. The van der Waals surface area contributed by atoms with Gasteiger partial charge in [-0.15, -0.1) is 0 Å². The van der Waals surface area contributed by atoms with Crippen LogP contribution in [0.4, 0.5) is 18.9 Å². The summed E-state index contributed by atoms with van der Waals surface area (Å²) in [4.78, 5) is 26.1. The van der Waals surface area contributed by atoms with Gasteiger partial charge >= 0.3 is 12.1 Å². The number of carboxylic acid groups (broad SMARTS) is 1. The molecule has 0 spiro atoms. The minimum Gasteiger partial charge on any atom is -0.478 e. The second-order valence-corrected chi connectivity index (χ2v) is 5.50. The van der Waals surface area contributed by atoms with Crippen LogP contribution in [0.15, 0.2) is 30.5 Å². The van der Waals surface area contributed by atoms with Crippen molar-refractivity contribution in [3.63, 3.8) is 0 Å². The molecule has 0 bridgehead atoms. The van der Waals surface area contributed by atoms with Gasteiger partial charge in [-0.3, -0.25) is 4.79 Å². The van der Waals surface area contributed by atoms with Crippen LogP contribution < -0.4 is 14.8 Å². The van der Waals surface area contributed by atoms with Crippen molar-refractivity contribution in [2.45, 2.75) is 12.3 Å². The van der Waals surface area contributed by atoms with Gasteiger partial charge in [-0.2, -0.15) is 13.2 Å². The molecule has 2 heterocycles. The van der Waals surface area contributed by atoms with E-state index in [0.29, 0.717) is 12.3 Å². The summed E-state index contributed by atoms with van der Waals surface area (Å²) < 4.78 is 48.2. The molecular weight excluding hydrogens is 381 g/mol. The maximum absolute atomic E-state index is 12.6. The van der Waals surface area contributed by atoms with Crippen molar-refractivity contribution >= 4 is 29.2 Å². The highest BCUT2D eigenvalue weighted by molar-refractivity contribution is 6.31. The van der Waals surface area contributed by atoms with E-state index in [0.717, 1.165) is 0 Å². The van der Waals surface area contributed by atoms with Crippen LogP contribution in [0.5, 0.6) is 17.4 Å². The molecule has 1 aliphatic heterocycles. The predicted molar refractivity (Wildman–Crippen MR) is 81.4 cm³/mol. The minimum absolute atomic E-state index is 0.0931. The number of nitrogens with one attached hydrogen (secondary N) is 1. The van der Waals surface area contributed by atoms with Gasteiger partial charge < -0.3 is 19.9 Å². The van der Waals surface area contributed by atoms with E-state index in [1.165, 1.54) is 18.2 Å². The molecule has 136 valence electrons. The van der Waals surface area contributed by atoms with Crippen molar-refractivity contribution in [1.82, 2.24) is 4.98 Å². The van der Waals surface area contributed by atoms with E-state index in [2.05, 4.69) is 10.3 Å². The summed E-state index contributed by atoms with van der Waals surface area (Å²) in [6, 6.07) is 4.65. The number of carboxylic acids is 1. The van der Waals surface area contributed by atoms with Crippen LogP contribution in [-0.2, 0) is 15.8 Å². The monoisotopic (exact) mass is 388 g/mol. The van der Waals surface area contributed by atoms with Crippen molar-refractivity contribution in [3.05, 3.63) is 41.0 Å². The Labute approximate surface area is 148 Å². The molecule has 2 aromatic rings. The number of aromatic nitrogens is 1. The van der Waals surface area contributed by atoms with E-state index < -0.39 is 29.7 Å². The fraction of sp³-hybridized carbons (Fsp3) is 0.133. The summed E-state index contributed by atoms with van der Waals surface area (Å²) in [6.45, 7) is 0. The molecule has 11 heteroatoms. The van der Waals surface area contributed by atoms with Gasteiger partial charge in [-0.1, -0.05) is 11.6 Å². The van der Waals surface area contributed by atoms with Crippen molar-refractivity contribution in [2.75, 3.05) is 5.32 Å². The molecule has 1 aliphatic rings. The van der Waals surface area contributed by atoms with Gasteiger partial charge in [-0.25, -0.2) is 9.78 Å². The molecule has 1 atom stereocenters. The number of halogens is 4. The third-order valence-corrected chi connectivity index (χ3v) is 3.54. The smallest absolute Gasteiger partial charge is 0.417 e. The van der Waals surface area contributed by atoms with E-state index in [4.69, 9.17) is 26.2 Å². The number of aliphatic carboxylic acids is 1. The fourth-order valence-corrected chi connectivity index (χ4v) is 2.29. The van der Waals surface area contributed by atoms with Gasteiger partial charge in [0.25, 0.3) is 12.0 Å². The lowest BCUT2D eigenvalue weighted by molar-refractivity contribution is -0.149. The Bertz CT molecular complexity index is 903. The van der Waals surface area contributed by atoms with Crippen molar-refractivity contribution in [2.24, 2.45) is 0 Å². The number of amides is 1. The number of rotatable bonds is 3. The summed E-state index contributed by atoms with van der Waals surface area (Å²) in [5.74, 6) is -2.42. The second kappa shape index (κ2) is 6.37. The minimum atomic E-state index is -4.59. The zero-order valence-electron chi connectivity index (χ0n) is 12.5. The average Bonchev–Trinajstić information content (AvgIpc) is 2.54. The zero-order valence-corrected chi connectivity index (χ0v) is 13.3. The maximum atomic E-state index is 12.6. The van der Waals surface area contributed by atoms with Crippen LogP contribution in [-0.4, -0.2) is 28.1 Å². The van der Waals surface area contributed by atoms with Crippen molar-refractivity contribution < 1.29 is 37.3 Å². The molecule has 0 saturated heterocycles. The Morgan fingerprint density at radius 2 is 2.08 bits per heavy atom. The van der Waals surface area contributed by atoms with E-state index in [-0.39, 0.29) is 28.1 Å². The fourth-order valence-electron chi connectivity index (χ4n) is 2.08. The molecule has 0 saturated carbocycles. The Kier molecular flexibility index (Phi) is 4.36. The largest absolute Gasteiger partial charge is 0.478 e. The quantitative estimate of drug-likeness (QED) is 0.783. The Morgan fingerprint density at radius 1 is 1.35 bits per heavy atom.